The number of carbonyl (C=O) groups is 5. The normalized spacial score (nSPS) is 10.8. The van der Waals surface area contributed by atoms with E-state index < -0.39 is 29.3 Å². The molecule has 260 valence electrons. The largest absolute Gasteiger partial charge is 0.462 e. The molecule has 0 bridgehead atoms. The lowest BCUT2D eigenvalue weighted by Gasteiger charge is -2.33. The minimum atomic E-state index is -1.04. The molecule has 0 radical (unpaired) electrons. The molecule has 0 saturated heterocycles. The van der Waals surface area contributed by atoms with Gasteiger partial charge < -0.3 is 38.3 Å². The van der Waals surface area contributed by atoms with E-state index in [1.807, 2.05) is 0 Å². The topological polar surface area (TPSA) is 170 Å². The zero-order valence-electron chi connectivity index (χ0n) is 26.8. The molecule has 47 heavy (non-hydrogen) atoms. The van der Waals surface area contributed by atoms with Crippen LogP contribution in [0.25, 0.3) is 0 Å². The first-order chi connectivity index (χ1) is 22.7. The Morgan fingerprint density at radius 2 is 1.02 bits per heavy atom. The Bertz CT molecular complexity index is 1080. The maximum Gasteiger partial charge on any atom is 0.338 e. The first kappa shape index (κ1) is 40.9. The van der Waals surface area contributed by atoms with Gasteiger partial charge in [-0.05, 0) is 12.5 Å². The van der Waals surface area contributed by atoms with Gasteiger partial charge in [-0.1, -0.05) is 37.9 Å². The quantitative estimate of drug-likeness (QED) is 0.0457. The van der Waals surface area contributed by atoms with Crippen LogP contribution in [0, 0.1) is 5.41 Å². The molecule has 0 aliphatic carbocycles. The zero-order chi connectivity index (χ0) is 34.8. The highest BCUT2D eigenvalue weighted by Crippen LogP contribution is 2.23. The number of carbonyl (C=O) groups excluding carboxylic acids is 5. The van der Waals surface area contributed by atoms with Gasteiger partial charge >= 0.3 is 23.9 Å². The molecule has 1 aromatic carbocycles. The summed E-state index contributed by atoms with van der Waals surface area (Å²) < 4.78 is 38.4. The summed E-state index contributed by atoms with van der Waals surface area (Å²) in [5, 5.41) is 9.12. The second-order valence-corrected chi connectivity index (χ2v) is 10.2. The Balaban J connectivity index is 3.07. The second-order valence-electron chi connectivity index (χ2n) is 10.2. The number of hydrogen-bond donors (Lipinski definition) is 1. The van der Waals surface area contributed by atoms with Crippen LogP contribution in [-0.4, -0.2) is 107 Å². The highest BCUT2D eigenvalue weighted by atomic mass is 16.6. The van der Waals surface area contributed by atoms with Gasteiger partial charge in [0.2, 0.25) is 0 Å². The summed E-state index contributed by atoms with van der Waals surface area (Å²) in [7, 11) is 0. The molecular weight excluding hydrogens is 616 g/mol. The molecule has 0 saturated carbocycles. The number of Topliss-reactive ketones (excluding diaryl/α,β-unsaturated/α-hetero) is 1. The van der Waals surface area contributed by atoms with Crippen LogP contribution in [0.1, 0.15) is 52.8 Å². The fraction of sp³-hybridized carbons (Fsp3) is 0.500. The molecule has 0 aliphatic rings. The average Bonchev–Trinajstić information content (AvgIpc) is 3.09. The molecule has 0 unspecified atom stereocenters. The van der Waals surface area contributed by atoms with Crippen LogP contribution in [0.15, 0.2) is 62.2 Å². The third kappa shape index (κ3) is 17.9. The highest BCUT2D eigenvalue weighted by Gasteiger charge is 2.34. The SMILES string of the molecule is C=CC(=O)OCCCOCC(COCCCOC(=O)C=C)(COCCCOC(=O)C=C)COC(=O)c1ccccc1C(=O)CCCO. The summed E-state index contributed by atoms with van der Waals surface area (Å²) in [6, 6.07) is 6.25. The highest BCUT2D eigenvalue weighted by molar-refractivity contribution is 6.06. The van der Waals surface area contributed by atoms with Crippen LogP contribution in [0.2, 0.25) is 0 Å². The molecule has 0 atom stereocenters. The fourth-order valence-electron chi connectivity index (χ4n) is 3.87. The molecule has 1 aromatic rings. The van der Waals surface area contributed by atoms with E-state index in [1.165, 1.54) is 12.1 Å². The molecule has 0 spiro atoms. The van der Waals surface area contributed by atoms with Crippen LogP contribution >= 0.6 is 0 Å². The summed E-state index contributed by atoms with van der Waals surface area (Å²) >= 11 is 0. The first-order valence-corrected chi connectivity index (χ1v) is 15.2. The Kier molecular flexibility index (Phi) is 21.7. The molecule has 1 N–H and O–H groups in total. The molecule has 0 aliphatic heterocycles. The standard InChI is InChI=1S/C34H46O13/c1-4-30(37)44-20-10-17-41-23-34(24-42-18-11-21-45-31(38)5-2,25-43-19-12-22-46-32(39)6-3)26-47-33(40)28-14-8-7-13-27(28)29(36)15-9-16-35/h4-8,13-14,35H,1-3,9-12,15-26H2. The van der Waals surface area contributed by atoms with E-state index in [0.29, 0.717) is 19.3 Å². The summed E-state index contributed by atoms with van der Waals surface area (Å²) in [5.74, 6) is -2.71. The second kappa shape index (κ2) is 25.0. The van der Waals surface area contributed by atoms with Crippen molar-refractivity contribution in [2.75, 3.05) is 72.7 Å². The minimum Gasteiger partial charge on any atom is -0.462 e. The molecule has 0 amide bonds. The van der Waals surface area contributed by atoms with Crippen molar-refractivity contribution in [3.63, 3.8) is 0 Å². The van der Waals surface area contributed by atoms with Gasteiger partial charge in [-0.25, -0.2) is 19.2 Å². The third-order valence-corrected chi connectivity index (χ3v) is 6.28. The zero-order valence-corrected chi connectivity index (χ0v) is 26.8. The maximum atomic E-state index is 13.3. The number of ketones is 1. The van der Waals surface area contributed by atoms with Gasteiger partial charge in [-0.15, -0.1) is 0 Å². The smallest absolute Gasteiger partial charge is 0.338 e. The van der Waals surface area contributed by atoms with Crippen molar-refractivity contribution < 1.29 is 62.2 Å². The number of benzene rings is 1. The van der Waals surface area contributed by atoms with Gasteiger partial charge in [0.05, 0.1) is 50.6 Å². The van der Waals surface area contributed by atoms with Crippen molar-refractivity contribution in [1.82, 2.24) is 0 Å². The van der Waals surface area contributed by atoms with E-state index in [0.717, 1.165) is 18.2 Å². The molecule has 13 heteroatoms. The Hall–Kier alpha value is -4.17. The maximum absolute atomic E-state index is 13.3. The van der Waals surface area contributed by atoms with E-state index in [1.54, 1.807) is 12.1 Å². The van der Waals surface area contributed by atoms with E-state index in [9.17, 15) is 24.0 Å². The minimum absolute atomic E-state index is 0.00363. The van der Waals surface area contributed by atoms with Gasteiger partial charge in [0.1, 0.15) is 6.61 Å². The van der Waals surface area contributed by atoms with Crippen molar-refractivity contribution in [2.45, 2.75) is 32.1 Å². The lowest BCUT2D eigenvalue weighted by molar-refractivity contribution is -0.139. The first-order valence-electron chi connectivity index (χ1n) is 15.2. The fourth-order valence-corrected chi connectivity index (χ4v) is 3.87. The van der Waals surface area contributed by atoms with E-state index >= 15 is 0 Å². The Labute approximate surface area is 275 Å². The van der Waals surface area contributed by atoms with Gasteiger partial charge in [-0.3, -0.25) is 4.79 Å². The predicted molar refractivity (Wildman–Crippen MR) is 170 cm³/mol. The number of aliphatic hydroxyl groups is 1. The number of esters is 4. The molecule has 13 nitrogen and oxygen atoms in total. The van der Waals surface area contributed by atoms with E-state index in [2.05, 4.69) is 19.7 Å². The third-order valence-electron chi connectivity index (χ3n) is 6.28. The Morgan fingerprint density at radius 3 is 1.43 bits per heavy atom. The Morgan fingerprint density at radius 1 is 0.596 bits per heavy atom. The van der Waals surface area contributed by atoms with Crippen LogP contribution in [0.3, 0.4) is 0 Å². The molecule has 0 heterocycles. The van der Waals surface area contributed by atoms with Crippen molar-refractivity contribution in [3.8, 4) is 0 Å². The number of aliphatic hydroxyl groups excluding tert-OH is 1. The lowest BCUT2D eigenvalue weighted by atomic mass is 9.92. The van der Waals surface area contributed by atoms with Crippen LogP contribution in [0.5, 0.6) is 0 Å². The van der Waals surface area contributed by atoms with Crippen LogP contribution < -0.4 is 0 Å². The molecule has 0 aromatic heterocycles. The molecule has 1 rings (SSSR count). The van der Waals surface area contributed by atoms with Crippen molar-refractivity contribution in [2.24, 2.45) is 5.41 Å². The molecule has 0 fully saturated rings. The predicted octanol–water partition coefficient (Wildman–Crippen LogP) is 3.19. The number of hydrogen-bond acceptors (Lipinski definition) is 13. The summed E-state index contributed by atoms with van der Waals surface area (Å²) in [6.07, 6.45) is 4.63. The van der Waals surface area contributed by atoms with Crippen LogP contribution in [-0.2, 0) is 47.5 Å². The number of rotatable bonds is 28. The van der Waals surface area contributed by atoms with Gasteiger partial charge in [0.25, 0.3) is 0 Å². The monoisotopic (exact) mass is 662 g/mol. The average molecular weight is 663 g/mol. The summed E-state index contributed by atoms with van der Waals surface area (Å²) in [4.78, 5) is 60.0. The van der Waals surface area contributed by atoms with Crippen molar-refractivity contribution in [3.05, 3.63) is 73.4 Å². The van der Waals surface area contributed by atoms with Gasteiger partial charge in [0, 0.05) is 75.9 Å². The number of ether oxygens (including phenoxy) is 7. The van der Waals surface area contributed by atoms with Gasteiger partial charge in [-0.2, -0.15) is 0 Å². The summed E-state index contributed by atoms with van der Waals surface area (Å²) in [6.45, 7) is 10.6. The van der Waals surface area contributed by atoms with Crippen molar-refractivity contribution >= 4 is 29.7 Å². The summed E-state index contributed by atoms with van der Waals surface area (Å²) in [5.41, 5.74) is -0.791. The molecular formula is C34H46O13. The van der Waals surface area contributed by atoms with Gasteiger partial charge in [0.15, 0.2) is 5.78 Å². The van der Waals surface area contributed by atoms with E-state index in [4.69, 9.17) is 38.3 Å². The van der Waals surface area contributed by atoms with Crippen molar-refractivity contribution in [1.29, 1.82) is 0 Å². The van der Waals surface area contributed by atoms with Crippen LogP contribution in [0.4, 0.5) is 0 Å². The van der Waals surface area contributed by atoms with E-state index in [-0.39, 0.29) is 102 Å². The lowest BCUT2D eigenvalue weighted by Crippen LogP contribution is -2.43.